The third-order valence-corrected chi connectivity index (χ3v) is 5.10. The highest BCUT2D eigenvalue weighted by Crippen LogP contribution is 2.31. The van der Waals surface area contributed by atoms with Gasteiger partial charge in [0.1, 0.15) is 23.2 Å². The van der Waals surface area contributed by atoms with E-state index >= 15 is 0 Å². The number of nitrogens with zero attached hydrogens (tertiary/aromatic N) is 1. The van der Waals surface area contributed by atoms with Crippen molar-refractivity contribution in [1.82, 2.24) is 5.32 Å². The molecular formula is C24H21BrN2O2. The van der Waals surface area contributed by atoms with Crippen molar-refractivity contribution in [2.75, 3.05) is 6.54 Å². The van der Waals surface area contributed by atoms with Crippen LogP contribution in [-0.4, -0.2) is 12.5 Å². The molecule has 1 aromatic heterocycles. The highest BCUT2D eigenvalue weighted by atomic mass is 79.9. The first kappa shape index (κ1) is 20.6. The second-order valence-corrected chi connectivity index (χ2v) is 7.55. The van der Waals surface area contributed by atoms with Crippen molar-refractivity contribution in [3.63, 3.8) is 0 Å². The molecule has 4 nitrogen and oxygen atoms in total. The average molecular weight is 449 g/mol. The first-order valence-electron chi connectivity index (χ1n) is 9.37. The van der Waals surface area contributed by atoms with Crippen molar-refractivity contribution in [2.45, 2.75) is 19.8 Å². The average Bonchev–Trinajstić information content (AvgIpc) is 3.18. The number of carbonyl (C=O) groups is 1. The Morgan fingerprint density at radius 1 is 1.17 bits per heavy atom. The van der Waals surface area contributed by atoms with Crippen molar-refractivity contribution in [3.05, 3.63) is 87.6 Å². The lowest BCUT2D eigenvalue weighted by molar-refractivity contribution is -0.117. The third kappa shape index (κ3) is 5.69. The van der Waals surface area contributed by atoms with Gasteiger partial charge in [-0.3, -0.25) is 4.79 Å². The van der Waals surface area contributed by atoms with Gasteiger partial charge in [-0.2, -0.15) is 5.26 Å². The SMILES string of the molecule is Cc1ccc(-c2ccc(/C=C(\C#N)C(=O)NCCCc3ccccc3)o2)c(Br)c1. The summed E-state index contributed by atoms with van der Waals surface area (Å²) in [4.78, 5) is 12.3. The second-order valence-electron chi connectivity index (χ2n) is 6.70. The summed E-state index contributed by atoms with van der Waals surface area (Å²) in [6.45, 7) is 2.52. The fourth-order valence-corrected chi connectivity index (χ4v) is 3.61. The largest absolute Gasteiger partial charge is 0.457 e. The molecule has 1 N–H and O–H groups in total. The van der Waals surface area contributed by atoms with Gasteiger partial charge in [-0.1, -0.05) is 52.3 Å². The Morgan fingerprint density at radius 3 is 2.69 bits per heavy atom. The molecule has 0 radical (unpaired) electrons. The van der Waals surface area contributed by atoms with Crippen molar-refractivity contribution in [2.24, 2.45) is 0 Å². The normalized spacial score (nSPS) is 11.1. The fraction of sp³-hybridized carbons (Fsp3) is 0.167. The van der Waals surface area contributed by atoms with Gasteiger partial charge in [0, 0.05) is 22.7 Å². The van der Waals surface area contributed by atoms with E-state index in [4.69, 9.17) is 4.42 Å². The summed E-state index contributed by atoms with van der Waals surface area (Å²) >= 11 is 3.54. The second kappa shape index (κ2) is 9.90. The molecular weight excluding hydrogens is 428 g/mol. The number of benzene rings is 2. The molecule has 0 saturated carbocycles. The van der Waals surface area contributed by atoms with E-state index in [9.17, 15) is 10.1 Å². The molecule has 0 spiro atoms. The van der Waals surface area contributed by atoms with Gasteiger partial charge < -0.3 is 9.73 Å². The van der Waals surface area contributed by atoms with Crippen LogP contribution in [0.15, 0.2) is 75.1 Å². The number of carbonyl (C=O) groups excluding carboxylic acids is 1. The zero-order valence-corrected chi connectivity index (χ0v) is 17.7. The van der Waals surface area contributed by atoms with E-state index in [0.717, 1.165) is 28.4 Å². The van der Waals surface area contributed by atoms with Crippen LogP contribution >= 0.6 is 15.9 Å². The molecule has 0 aliphatic heterocycles. The molecule has 0 bridgehead atoms. The summed E-state index contributed by atoms with van der Waals surface area (Å²) in [5, 5.41) is 12.2. The van der Waals surface area contributed by atoms with Gasteiger partial charge in [0.05, 0.1) is 0 Å². The van der Waals surface area contributed by atoms with E-state index in [2.05, 4.69) is 33.4 Å². The Kier molecular flexibility index (Phi) is 7.04. The fourth-order valence-electron chi connectivity index (χ4n) is 2.92. The number of nitriles is 1. The lowest BCUT2D eigenvalue weighted by Gasteiger charge is -2.04. The van der Waals surface area contributed by atoms with Gasteiger partial charge in [-0.15, -0.1) is 0 Å². The maximum atomic E-state index is 12.3. The molecule has 0 aliphatic carbocycles. The molecule has 0 saturated heterocycles. The highest BCUT2D eigenvalue weighted by Gasteiger charge is 2.12. The standard InChI is InChI=1S/C24H21BrN2O2/c1-17-9-11-21(22(25)14-17)23-12-10-20(29-23)15-19(16-26)24(28)27-13-5-8-18-6-3-2-4-7-18/h2-4,6-7,9-12,14-15H,5,8,13H2,1H3,(H,27,28)/b19-15+. The quantitative estimate of drug-likeness (QED) is 0.287. The van der Waals surface area contributed by atoms with Crippen LogP contribution in [-0.2, 0) is 11.2 Å². The van der Waals surface area contributed by atoms with E-state index in [1.807, 2.05) is 55.5 Å². The molecule has 1 heterocycles. The molecule has 0 fully saturated rings. The number of furan rings is 1. The van der Waals surface area contributed by atoms with Gasteiger partial charge in [0.25, 0.3) is 5.91 Å². The monoisotopic (exact) mass is 448 g/mol. The van der Waals surface area contributed by atoms with E-state index in [1.165, 1.54) is 11.6 Å². The molecule has 0 atom stereocenters. The zero-order valence-electron chi connectivity index (χ0n) is 16.1. The first-order chi connectivity index (χ1) is 14.1. The summed E-state index contributed by atoms with van der Waals surface area (Å²) in [5.74, 6) is 0.738. The van der Waals surface area contributed by atoms with Crippen LogP contribution in [0.3, 0.4) is 0 Å². The Labute approximate surface area is 179 Å². The van der Waals surface area contributed by atoms with E-state index in [1.54, 1.807) is 6.07 Å². The van der Waals surface area contributed by atoms with Gasteiger partial charge in [-0.25, -0.2) is 0 Å². The van der Waals surface area contributed by atoms with Crippen LogP contribution in [0.25, 0.3) is 17.4 Å². The molecule has 5 heteroatoms. The molecule has 0 unspecified atom stereocenters. The van der Waals surface area contributed by atoms with E-state index in [0.29, 0.717) is 18.1 Å². The van der Waals surface area contributed by atoms with E-state index in [-0.39, 0.29) is 5.57 Å². The predicted octanol–water partition coefficient (Wildman–Crippen LogP) is 5.67. The minimum absolute atomic E-state index is 0.0218. The van der Waals surface area contributed by atoms with Crippen LogP contribution in [0, 0.1) is 18.3 Å². The Bertz CT molecular complexity index is 1060. The zero-order chi connectivity index (χ0) is 20.6. The topological polar surface area (TPSA) is 66.0 Å². The van der Waals surface area contributed by atoms with E-state index < -0.39 is 5.91 Å². The minimum Gasteiger partial charge on any atom is -0.457 e. The summed E-state index contributed by atoms with van der Waals surface area (Å²) in [6.07, 6.45) is 3.15. The van der Waals surface area contributed by atoms with Crippen LogP contribution in [0.2, 0.25) is 0 Å². The Balaban J connectivity index is 1.61. The summed E-state index contributed by atoms with van der Waals surface area (Å²) in [7, 11) is 0. The van der Waals surface area contributed by atoms with Crippen molar-refractivity contribution in [1.29, 1.82) is 5.26 Å². The van der Waals surface area contributed by atoms with Gasteiger partial charge in [0.15, 0.2) is 0 Å². The number of nitrogens with one attached hydrogen (secondary N) is 1. The summed E-state index contributed by atoms with van der Waals surface area (Å²) in [6, 6.07) is 21.6. The van der Waals surface area contributed by atoms with Gasteiger partial charge >= 0.3 is 0 Å². The van der Waals surface area contributed by atoms with Crippen LogP contribution in [0.5, 0.6) is 0 Å². The predicted molar refractivity (Wildman–Crippen MR) is 118 cm³/mol. The third-order valence-electron chi connectivity index (χ3n) is 4.44. The molecule has 3 aromatic rings. The lowest BCUT2D eigenvalue weighted by atomic mass is 10.1. The number of hydrogen-bond acceptors (Lipinski definition) is 3. The van der Waals surface area contributed by atoms with Crippen LogP contribution in [0.1, 0.15) is 23.3 Å². The van der Waals surface area contributed by atoms with Crippen LogP contribution < -0.4 is 5.32 Å². The lowest BCUT2D eigenvalue weighted by Crippen LogP contribution is -2.25. The highest BCUT2D eigenvalue weighted by molar-refractivity contribution is 9.10. The van der Waals surface area contributed by atoms with Crippen molar-refractivity contribution < 1.29 is 9.21 Å². The Hall–Kier alpha value is -3.10. The number of rotatable bonds is 7. The Morgan fingerprint density at radius 2 is 1.97 bits per heavy atom. The molecule has 2 aromatic carbocycles. The first-order valence-corrected chi connectivity index (χ1v) is 10.2. The maximum Gasteiger partial charge on any atom is 0.262 e. The minimum atomic E-state index is -0.393. The smallest absolute Gasteiger partial charge is 0.262 e. The molecule has 146 valence electrons. The van der Waals surface area contributed by atoms with Crippen LogP contribution in [0.4, 0.5) is 0 Å². The number of amides is 1. The van der Waals surface area contributed by atoms with Gasteiger partial charge in [-0.05, 0) is 55.2 Å². The summed E-state index contributed by atoms with van der Waals surface area (Å²) < 4.78 is 6.75. The number of halogens is 1. The summed E-state index contributed by atoms with van der Waals surface area (Å²) in [5.41, 5.74) is 3.30. The van der Waals surface area contributed by atoms with Crippen molar-refractivity contribution >= 4 is 27.9 Å². The van der Waals surface area contributed by atoms with Gasteiger partial charge in [0.2, 0.25) is 0 Å². The maximum absolute atomic E-state index is 12.3. The molecule has 1 amide bonds. The number of aryl methyl sites for hydroxylation is 2. The number of hydrogen-bond donors (Lipinski definition) is 1. The van der Waals surface area contributed by atoms with Crippen molar-refractivity contribution in [3.8, 4) is 17.4 Å². The molecule has 29 heavy (non-hydrogen) atoms. The molecule has 3 rings (SSSR count). The molecule has 0 aliphatic rings.